The third kappa shape index (κ3) is 3.32. The number of rotatable bonds is 4. The average molecular weight is 364 g/mol. The lowest BCUT2D eigenvalue weighted by molar-refractivity contribution is -0.111. The van der Waals surface area contributed by atoms with Crippen molar-refractivity contribution in [3.05, 3.63) is 42.5 Å². The zero-order valence-electron chi connectivity index (χ0n) is 13.8. The molecule has 0 aromatic heterocycles. The van der Waals surface area contributed by atoms with Gasteiger partial charge in [0.1, 0.15) is 0 Å². The third-order valence-corrected chi connectivity index (χ3v) is 7.03. The molecule has 0 bridgehead atoms. The van der Waals surface area contributed by atoms with Gasteiger partial charge in [-0.1, -0.05) is 6.58 Å². The van der Waals surface area contributed by atoms with E-state index in [1.54, 1.807) is 29.2 Å². The Morgan fingerprint density at radius 3 is 2.56 bits per heavy atom. The Labute approximate surface area is 146 Å². The zero-order chi connectivity index (χ0) is 18.2. The molecule has 0 unspecified atom stereocenters. The Hall–Kier alpha value is -2.19. The summed E-state index contributed by atoms with van der Waals surface area (Å²) < 4.78 is 29.7. The van der Waals surface area contributed by atoms with Gasteiger partial charge in [-0.15, -0.1) is 0 Å². The number of sulfone groups is 1. The number of likely N-dealkylation sites (tertiary alicyclic amines) is 1. The molecule has 1 aromatic rings. The molecular formula is C17H20N2O5S. The van der Waals surface area contributed by atoms with Crippen LogP contribution in [0.1, 0.15) is 10.4 Å². The van der Waals surface area contributed by atoms with Crippen LogP contribution in [0.4, 0.5) is 5.69 Å². The van der Waals surface area contributed by atoms with Crippen molar-refractivity contribution in [1.82, 2.24) is 4.90 Å². The number of fused-ring (bicyclic) bond motifs is 1. The number of ether oxygens (including phenoxy) is 1. The van der Waals surface area contributed by atoms with E-state index in [0.717, 1.165) is 6.08 Å². The number of carbonyl (C=O) groups is 2. The molecule has 3 rings (SSSR count). The lowest BCUT2D eigenvalue weighted by atomic mass is 10.0. The molecule has 0 spiro atoms. The number of amides is 2. The largest absolute Gasteiger partial charge is 0.380 e. The summed E-state index contributed by atoms with van der Waals surface area (Å²) >= 11 is 0. The molecule has 2 heterocycles. The van der Waals surface area contributed by atoms with Gasteiger partial charge in [-0.3, -0.25) is 9.59 Å². The SMILES string of the molecule is C=CC(=O)Nc1ccc(C(=O)N2C[C@H]3[C@H](OC)CS(=O)(=O)[C@H]3C2)cc1. The molecule has 2 saturated heterocycles. The topological polar surface area (TPSA) is 92.8 Å². The highest BCUT2D eigenvalue weighted by Crippen LogP contribution is 2.36. The van der Waals surface area contributed by atoms with Gasteiger partial charge in [0.05, 0.1) is 17.1 Å². The highest BCUT2D eigenvalue weighted by molar-refractivity contribution is 7.92. The lowest BCUT2D eigenvalue weighted by Crippen LogP contribution is -2.33. The van der Waals surface area contributed by atoms with Crippen LogP contribution in [0.25, 0.3) is 0 Å². The van der Waals surface area contributed by atoms with Crippen LogP contribution >= 0.6 is 0 Å². The first-order valence-electron chi connectivity index (χ1n) is 7.93. The number of nitrogens with one attached hydrogen (secondary N) is 1. The number of anilines is 1. The highest BCUT2D eigenvalue weighted by atomic mass is 32.2. The average Bonchev–Trinajstić information content (AvgIpc) is 3.14. The molecule has 134 valence electrons. The molecule has 0 aliphatic carbocycles. The van der Waals surface area contributed by atoms with E-state index in [1.807, 2.05) is 0 Å². The Bertz CT molecular complexity index is 803. The highest BCUT2D eigenvalue weighted by Gasteiger charge is 2.53. The molecule has 2 aliphatic rings. The van der Waals surface area contributed by atoms with Gasteiger partial charge in [-0.05, 0) is 30.3 Å². The summed E-state index contributed by atoms with van der Waals surface area (Å²) in [5, 5.41) is 2.06. The zero-order valence-corrected chi connectivity index (χ0v) is 14.7. The molecule has 2 amide bonds. The number of hydrogen-bond donors (Lipinski definition) is 1. The van der Waals surface area contributed by atoms with Crippen molar-refractivity contribution in [2.24, 2.45) is 5.92 Å². The Morgan fingerprint density at radius 2 is 1.96 bits per heavy atom. The van der Waals surface area contributed by atoms with Gasteiger partial charge in [-0.2, -0.15) is 0 Å². The number of nitrogens with zero attached hydrogens (tertiary/aromatic N) is 1. The maximum absolute atomic E-state index is 12.7. The smallest absolute Gasteiger partial charge is 0.253 e. The van der Waals surface area contributed by atoms with E-state index in [2.05, 4.69) is 11.9 Å². The van der Waals surface area contributed by atoms with Crippen LogP contribution in [0.2, 0.25) is 0 Å². The molecule has 8 heteroatoms. The van der Waals surface area contributed by atoms with Gasteiger partial charge in [-0.25, -0.2) is 8.42 Å². The van der Waals surface area contributed by atoms with Crippen LogP contribution in [0, 0.1) is 5.92 Å². The second-order valence-electron chi connectivity index (χ2n) is 6.29. The van der Waals surface area contributed by atoms with Gasteiger partial charge in [0, 0.05) is 37.4 Å². The minimum absolute atomic E-state index is 0.0264. The molecule has 25 heavy (non-hydrogen) atoms. The number of benzene rings is 1. The van der Waals surface area contributed by atoms with Gasteiger partial charge in [0.2, 0.25) is 5.91 Å². The molecule has 0 saturated carbocycles. The minimum Gasteiger partial charge on any atom is -0.380 e. The Kier molecular flexibility index (Phi) is 4.66. The first-order chi connectivity index (χ1) is 11.9. The predicted molar refractivity (Wildman–Crippen MR) is 93.0 cm³/mol. The summed E-state index contributed by atoms with van der Waals surface area (Å²) in [5.74, 6) is -0.702. The van der Waals surface area contributed by atoms with Crippen molar-refractivity contribution in [3.63, 3.8) is 0 Å². The number of hydrogen-bond acceptors (Lipinski definition) is 5. The van der Waals surface area contributed by atoms with Gasteiger partial charge in [0.15, 0.2) is 9.84 Å². The fourth-order valence-corrected chi connectivity index (χ4v) is 5.78. The number of methoxy groups -OCH3 is 1. The molecule has 1 aromatic carbocycles. The summed E-state index contributed by atoms with van der Waals surface area (Å²) in [6.45, 7) is 3.94. The monoisotopic (exact) mass is 364 g/mol. The summed E-state index contributed by atoms with van der Waals surface area (Å²) in [4.78, 5) is 25.5. The van der Waals surface area contributed by atoms with Gasteiger partial charge in [0.25, 0.3) is 5.91 Å². The minimum atomic E-state index is -3.23. The Balaban J connectivity index is 1.72. The summed E-state index contributed by atoms with van der Waals surface area (Å²) in [5.41, 5.74) is 1.00. The summed E-state index contributed by atoms with van der Waals surface area (Å²) in [6, 6.07) is 6.47. The van der Waals surface area contributed by atoms with Crippen molar-refractivity contribution in [3.8, 4) is 0 Å². The molecule has 0 radical (unpaired) electrons. The van der Waals surface area contributed by atoms with Crippen LogP contribution in [0.3, 0.4) is 0 Å². The van der Waals surface area contributed by atoms with Crippen molar-refractivity contribution in [2.45, 2.75) is 11.4 Å². The normalized spacial score (nSPS) is 26.9. The lowest BCUT2D eigenvalue weighted by Gasteiger charge is -2.19. The van der Waals surface area contributed by atoms with E-state index in [0.29, 0.717) is 17.8 Å². The van der Waals surface area contributed by atoms with E-state index in [-0.39, 0.29) is 36.1 Å². The predicted octanol–water partition coefficient (Wildman–Crippen LogP) is 0.695. The van der Waals surface area contributed by atoms with E-state index in [4.69, 9.17) is 4.74 Å². The van der Waals surface area contributed by atoms with E-state index >= 15 is 0 Å². The molecule has 3 atom stereocenters. The quantitative estimate of drug-likeness (QED) is 0.794. The Morgan fingerprint density at radius 1 is 1.28 bits per heavy atom. The molecule has 1 N–H and O–H groups in total. The van der Waals surface area contributed by atoms with E-state index in [9.17, 15) is 18.0 Å². The van der Waals surface area contributed by atoms with E-state index < -0.39 is 15.1 Å². The summed E-state index contributed by atoms with van der Waals surface area (Å²) in [7, 11) is -1.73. The fourth-order valence-electron chi connectivity index (χ4n) is 3.49. The standard InChI is InChI=1S/C17H20N2O5S/c1-3-16(20)18-12-6-4-11(5-7-12)17(21)19-8-13-14(24-2)10-25(22,23)15(13)9-19/h3-7,13-15H,1,8-10H2,2H3,(H,18,20)/t13-,14+,15-/m0/s1. The second kappa shape index (κ2) is 6.61. The second-order valence-corrected chi connectivity index (χ2v) is 8.55. The maximum atomic E-state index is 12.7. The van der Waals surface area contributed by atoms with Crippen molar-refractivity contribution >= 4 is 27.3 Å². The van der Waals surface area contributed by atoms with Crippen LogP contribution in [0.5, 0.6) is 0 Å². The van der Waals surface area contributed by atoms with Gasteiger partial charge >= 0.3 is 0 Å². The molecular weight excluding hydrogens is 344 g/mol. The molecule has 7 nitrogen and oxygen atoms in total. The van der Waals surface area contributed by atoms with Crippen molar-refractivity contribution in [2.75, 3.05) is 31.3 Å². The van der Waals surface area contributed by atoms with Crippen LogP contribution < -0.4 is 5.32 Å². The fraction of sp³-hybridized carbons (Fsp3) is 0.412. The van der Waals surface area contributed by atoms with Crippen LogP contribution in [-0.4, -0.2) is 62.4 Å². The van der Waals surface area contributed by atoms with Gasteiger partial charge < -0.3 is 15.0 Å². The molecule has 2 fully saturated rings. The molecule has 2 aliphatic heterocycles. The van der Waals surface area contributed by atoms with Crippen LogP contribution in [-0.2, 0) is 19.4 Å². The van der Waals surface area contributed by atoms with Crippen molar-refractivity contribution in [1.29, 1.82) is 0 Å². The maximum Gasteiger partial charge on any atom is 0.253 e. The summed E-state index contributed by atoms with van der Waals surface area (Å²) in [6.07, 6.45) is 0.804. The first kappa shape index (κ1) is 17.6. The van der Waals surface area contributed by atoms with Crippen molar-refractivity contribution < 1.29 is 22.7 Å². The van der Waals surface area contributed by atoms with E-state index in [1.165, 1.54) is 7.11 Å². The first-order valence-corrected chi connectivity index (χ1v) is 9.64. The number of carbonyl (C=O) groups excluding carboxylic acids is 2. The van der Waals surface area contributed by atoms with Crippen LogP contribution in [0.15, 0.2) is 36.9 Å². The third-order valence-electron chi connectivity index (χ3n) is 4.82.